The van der Waals surface area contributed by atoms with Gasteiger partial charge in [0.2, 0.25) is 28.6 Å². The Bertz CT molecular complexity index is 7680. The molecule has 4 unspecified atom stereocenters. The fourth-order valence-corrected chi connectivity index (χ4v) is 17.2. The second-order valence-electron chi connectivity index (χ2n) is 36.9. The van der Waals surface area contributed by atoms with E-state index >= 15 is 0 Å². The van der Waals surface area contributed by atoms with Crippen molar-refractivity contribution in [1.29, 1.82) is 0 Å². The van der Waals surface area contributed by atoms with E-state index in [0.29, 0.717) is 27.8 Å². The average molecular weight is 2060 g/mol. The van der Waals surface area contributed by atoms with Crippen molar-refractivity contribution in [3.8, 4) is 172 Å². The molecule has 41 heteroatoms. The van der Waals surface area contributed by atoms with Gasteiger partial charge in [-0.3, -0.25) is 9.59 Å². The Morgan fingerprint density at radius 1 is 0.356 bits per heavy atom. The molecule has 1 saturated carbocycles. The number of allylic oxidation sites excluding steroid dienone is 2. The molecule has 2 aromatic heterocycles. The molecule has 41 nitrogen and oxygen atoms in total. The van der Waals surface area contributed by atoms with Gasteiger partial charge >= 0.3 is 0 Å². The zero-order valence-electron chi connectivity index (χ0n) is 79.8. The predicted molar refractivity (Wildman–Crippen MR) is 532 cm³/mol. The van der Waals surface area contributed by atoms with Crippen LogP contribution in [0.2, 0.25) is 0 Å². The standard InChI is InChI=1S/C35H44O16.C15H10O7.2C15H12O6.2C14H12O3/c1-27-14-35(46,31(27,5)43)33(7,45)34(8,51-27)47-15-28(2)30(4,42)32(6,44)29(3,41)26(50-28)49-25-23(40)22-20(39)12-17(36)13-21(22)48-24(25)16-9-10-18(37)19(38)11-16;16-7-4-10(19)12-11(5-7)22-15(14(21)13(12)20)6-1-2-8(17)9(18)3-6;16-8-4-11(18)9-6-13(20)15(21-14(9)5-8)7-1-2-10(17)12(19)3-7;16-8-4-7-5-11(18)15(21-14(7)12(19)6-8)9-2-1-3-10(17)13(9)20;2*15-12-5-3-10(4-6-12)1-2-11-7-13(16)9-14(17)8-11/h9-13,26,36-39,41-46H,14-15H2,1-8H3;1-5,16-19,21H;1-5,16-20H,6H2;1-4,6,16-20H,5H2;2*1-9,15-17H/b;;;;2-1+;2-1-/t26-,27?,28?,29?,30-,31+,32+,33?,34-,35+;;;;;/m1...../s1. The number of ether oxygens (including phenoxy) is 6. The van der Waals surface area contributed by atoms with E-state index < -0.39 is 137 Å². The predicted octanol–water partition coefficient (Wildman–Crippen LogP) is 13.9. The molecule has 2 bridgehead atoms. The van der Waals surface area contributed by atoms with Crippen LogP contribution in [0.3, 0.4) is 0 Å². The van der Waals surface area contributed by atoms with Crippen molar-refractivity contribution < 1.29 is 196 Å². The summed E-state index contributed by atoms with van der Waals surface area (Å²) < 4.78 is 46.6. The molecule has 0 radical (unpaired) electrons. The monoisotopic (exact) mass is 2050 g/mol. The Kier molecular flexibility index (Phi) is 28.6. The molecule has 1 aliphatic carbocycles. The summed E-state index contributed by atoms with van der Waals surface area (Å²) in [5, 5.41) is 310. The largest absolute Gasteiger partial charge is 0.508 e. The Hall–Kier alpha value is -17.9. The van der Waals surface area contributed by atoms with Crippen molar-refractivity contribution in [1.82, 2.24) is 0 Å². The highest BCUT2D eigenvalue weighted by Crippen LogP contribution is 2.67. The molecule has 7 heterocycles. The minimum absolute atomic E-state index is 0.0156. The summed E-state index contributed by atoms with van der Waals surface area (Å²) in [4.78, 5) is 26.2. The molecule has 10 atom stereocenters. The Balaban J connectivity index is 0.000000150. The van der Waals surface area contributed by atoms with Crippen LogP contribution >= 0.6 is 0 Å². The van der Waals surface area contributed by atoms with E-state index in [1.54, 1.807) is 84.9 Å². The summed E-state index contributed by atoms with van der Waals surface area (Å²) in [6.07, 6.45) is 5.05. The number of benzene rings is 12. The number of para-hydroxylation sites is 1. The van der Waals surface area contributed by atoms with E-state index in [0.717, 1.165) is 92.6 Å². The van der Waals surface area contributed by atoms with Gasteiger partial charge in [-0.25, -0.2) is 0 Å². The highest BCUT2D eigenvalue weighted by atomic mass is 16.8. The van der Waals surface area contributed by atoms with Crippen LogP contribution < -0.4 is 25.1 Å². The van der Waals surface area contributed by atoms with E-state index in [1.807, 2.05) is 12.2 Å². The van der Waals surface area contributed by atoms with Crippen LogP contribution in [0.1, 0.15) is 106 Å². The number of aliphatic hydroxyl groups is 8. The smallest absolute Gasteiger partial charge is 0.239 e. The highest BCUT2D eigenvalue weighted by molar-refractivity contribution is 5.90. The van der Waals surface area contributed by atoms with Gasteiger partial charge in [-0.2, -0.15) is 0 Å². The lowest BCUT2D eigenvalue weighted by Crippen LogP contribution is -2.93. The molecular weight excluding hydrogens is 1950 g/mol. The van der Waals surface area contributed by atoms with Gasteiger partial charge in [-0.05, 0) is 199 Å². The van der Waals surface area contributed by atoms with Crippen LogP contribution in [0.5, 0.6) is 149 Å². The molecule has 0 amide bonds. The first-order valence-electron chi connectivity index (χ1n) is 44.8. The number of phenolic OH excluding ortho intramolecular Hbond substituents is 22. The fourth-order valence-electron chi connectivity index (χ4n) is 17.2. The van der Waals surface area contributed by atoms with Crippen LogP contribution in [-0.4, -0.2) is 222 Å². The first-order valence-corrected chi connectivity index (χ1v) is 44.8. The van der Waals surface area contributed by atoms with Gasteiger partial charge in [0.15, 0.2) is 91.9 Å². The van der Waals surface area contributed by atoms with Crippen LogP contribution in [0.4, 0.5) is 0 Å². The number of rotatable bonds is 13. The maximum Gasteiger partial charge on any atom is 0.239 e. The molecule has 14 aromatic rings. The second kappa shape index (κ2) is 39.9. The molecule has 780 valence electrons. The van der Waals surface area contributed by atoms with Crippen LogP contribution in [0.25, 0.3) is 80.4 Å². The minimum Gasteiger partial charge on any atom is -0.508 e. The molecule has 31 N–H and O–H groups in total. The molecule has 149 heavy (non-hydrogen) atoms. The summed E-state index contributed by atoms with van der Waals surface area (Å²) in [6.45, 7) is 9.25. The van der Waals surface area contributed by atoms with E-state index in [2.05, 4.69) is 0 Å². The van der Waals surface area contributed by atoms with Crippen LogP contribution in [-0.2, 0) is 27.1 Å². The van der Waals surface area contributed by atoms with Crippen LogP contribution in [0.15, 0.2) is 236 Å². The third-order valence-electron chi connectivity index (χ3n) is 26.5. The van der Waals surface area contributed by atoms with Gasteiger partial charge in [0.05, 0.1) is 12.2 Å². The van der Waals surface area contributed by atoms with Gasteiger partial charge in [-0.15, -0.1) is 0 Å². The molecule has 0 spiro atoms. The van der Waals surface area contributed by atoms with Gasteiger partial charge in [0.25, 0.3) is 0 Å². The molecule has 6 aliphatic rings. The summed E-state index contributed by atoms with van der Waals surface area (Å²) in [5.74, 6) is -9.84. The van der Waals surface area contributed by atoms with Crippen molar-refractivity contribution in [3.63, 3.8) is 0 Å². The quantitative estimate of drug-likeness (QED) is 0.0376. The molecule has 12 aromatic carbocycles. The van der Waals surface area contributed by atoms with Gasteiger partial charge in [0, 0.05) is 102 Å². The van der Waals surface area contributed by atoms with Crippen LogP contribution in [0, 0.1) is 0 Å². The van der Waals surface area contributed by atoms with Crippen molar-refractivity contribution in [2.45, 2.75) is 132 Å². The highest BCUT2D eigenvalue weighted by Gasteiger charge is 2.85. The third kappa shape index (κ3) is 20.6. The van der Waals surface area contributed by atoms with E-state index in [1.165, 1.54) is 107 Å². The maximum absolute atomic E-state index is 14.0. The zero-order chi connectivity index (χ0) is 109. The SMILES string of the molecule is CC12C[C@@](O)(C(C)(O)[C@](C)(OCC3(C)O[C@@H](Oc4c(-c5ccc(O)c(O)c5)oc5cc(O)cc(O)c5c4=O)C(C)(O)[C@](C)(O)[C@]3(C)O)O1)[C@@]2(C)O.O=c1c(O)c(-c2ccc(O)c(O)c2)oc2cc(O)cc(O)c12.OC1=C(c2ccc(O)c(O)c2)Oc2cc(O)cc(O)c2C1.OC1=C(c2cccc(O)c2O)Oc2c(O)cc(O)cc2C1.Oc1ccc(/C=C/c2cc(O)cc(O)c2)cc1.Oc1ccc(/C=C\c2cc(O)cc(O)c2)cc1. The zero-order valence-corrected chi connectivity index (χ0v) is 79.8. The second-order valence-corrected chi connectivity index (χ2v) is 36.9. The molecule has 20 rings (SSSR count). The first kappa shape index (κ1) is 107. The topological polar surface area (TPSA) is 743 Å². The summed E-state index contributed by atoms with van der Waals surface area (Å²) in [7, 11) is 0. The van der Waals surface area contributed by atoms with E-state index in [-0.39, 0.29) is 179 Å². The minimum atomic E-state index is -2.55. The maximum atomic E-state index is 14.0. The summed E-state index contributed by atoms with van der Waals surface area (Å²) in [6, 6.07) is 46.3. The van der Waals surface area contributed by atoms with Crippen molar-refractivity contribution in [2.75, 3.05) is 6.61 Å². The molecule has 5 aliphatic heterocycles. The number of aliphatic hydroxyl groups excluding tert-OH is 2. The fraction of sp³-hybridized carbons (Fsp3) is 0.204. The number of hydrogen-bond acceptors (Lipinski definition) is 41. The lowest BCUT2D eigenvalue weighted by atomic mass is 9.46. The van der Waals surface area contributed by atoms with Gasteiger partial charge in [0.1, 0.15) is 153 Å². The van der Waals surface area contributed by atoms with Gasteiger partial charge in [-0.1, -0.05) is 54.6 Å². The number of aromatic hydroxyl groups is 23. The Morgan fingerprint density at radius 2 is 0.792 bits per heavy atom. The van der Waals surface area contributed by atoms with E-state index in [4.69, 9.17) is 47.5 Å². The lowest BCUT2D eigenvalue weighted by molar-refractivity contribution is -0.517. The molecule has 4 fully saturated rings. The summed E-state index contributed by atoms with van der Waals surface area (Å²) in [5.41, 5.74) is -15.0. The molecule has 3 saturated heterocycles. The third-order valence-corrected chi connectivity index (χ3v) is 26.5. The Labute approximate surface area is 842 Å². The normalized spacial score (nSPS) is 22.8. The molecular formula is C108H102O41. The first-order chi connectivity index (χ1) is 69.6. The van der Waals surface area contributed by atoms with E-state index in [9.17, 15) is 158 Å². The van der Waals surface area contributed by atoms with Crippen molar-refractivity contribution >= 4 is 57.8 Å². The number of fused-ring (bicyclic) bond motifs is 6. The van der Waals surface area contributed by atoms with Crippen molar-refractivity contribution in [2.24, 2.45) is 0 Å². The lowest BCUT2D eigenvalue weighted by Gasteiger charge is -2.75. The average Bonchev–Trinajstić information content (AvgIpc) is 0.644. The number of phenols is 22. The van der Waals surface area contributed by atoms with Crippen molar-refractivity contribution in [3.05, 3.63) is 283 Å². The Morgan fingerprint density at radius 3 is 1.30 bits per heavy atom. The summed E-state index contributed by atoms with van der Waals surface area (Å²) >= 11 is 0. The number of hydrogen-bond donors (Lipinski definition) is 31. The van der Waals surface area contributed by atoms with Gasteiger partial charge < -0.3 is 196 Å².